The summed E-state index contributed by atoms with van der Waals surface area (Å²) in [5.74, 6) is 0.836. The lowest BCUT2D eigenvalue weighted by Gasteiger charge is -2.11. The Labute approximate surface area is 99.5 Å². The summed E-state index contributed by atoms with van der Waals surface area (Å²) in [5.41, 5.74) is 5.86. The van der Waals surface area contributed by atoms with Gasteiger partial charge in [0, 0.05) is 12.1 Å². The van der Waals surface area contributed by atoms with Gasteiger partial charge in [0.2, 0.25) is 0 Å². The van der Waals surface area contributed by atoms with E-state index in [-0.39, 0.29) is 12.2 Å². The van der Waals surface area contributed by atoms with E-state index in [0.29, 0.717) is 23.7 Å². The van der Waals surface area contributed by atoms with Crippen LogP contribution >= 0.6 is 0 Å². The van der Waals surface area contributed by atoms with Gasteiger partial charge in [0.1, 0.15) is 0 Å². The summed E-state index contributed by atoms with van der Waals surface area (Å²) in [5, 5.41) is 10.8. The van der Waals surface area contributed by atoms with Gasteiger partial charge in [-0.05, 0) is 12.5 Å². The third-order valence-corrected chi connectivity index (χ3v) is 2.24. The van der Waals surface area contributed by atoms with E-state index >= 15 is 0 Å². The van der Waals surface area contributed by atoms with Crippen molar-refractivity contribution in [3.05, 3.63) is 27.8 Å². The van der Waals surface area contributed by atoms with Crippen molar-refractivity contribution in [3.63, 3.8) is 0 Å². The molecule has 1 aromatic rings. The highest BCUT2D eigenvalue weighted by molar-refractivity contribution is 5.54. The molecule has 0 spiro atoms. The van der Waals surface area contributed by atoms with Gasteiger partial charge in [0.15, 0.2) is 11.5 Å². The standard InChI is InChI=1S/C11H16N2O4/c1-3-4-17-11-5-8(7-12)9(13(14)15)6-10(11)16-2/h5-6H,3-4,7,12H2,1-2H3. The minimum Gasteiger partial charge on any atom is -0.493 e. The van der Waals surface area contributed by atoms with Crippen LogP contribution in [0.25, 0.3) is 0 Å². The Kier molecular flexibility index (Phi) is 4.71. The molecule has 0 fully saturated rings. The zero-order valence-corrected chi connectivity index (χ0v) is 9.93. The molecule has 0 aliphatic heterocycles. The first-order valence-corrected chi connectivity index (χ1v) is 5.32. The maximum absolute atomic E-state index is 10.8. The first-order valence-electron chi connectivity index (χ1n) is 5.32. The van der Waals surface area contributed by atoms with Gasteiger partial charge in [0.05, 0.1) is 24.7 Å². The molecule has 0 amide bonds. The van der Waals surface area contributed by atoms with Crippen LogP contribution in [0.2, 0.25) is 0 Å². The zero-order valence-electron chi connectivity index (χ0n) is 9.93. The number of nitro benzene ring substituents is 1. The van der Waals surface area contributed by atoms with Gasteiger partial charge < -0.3 is 15.2 Å². The number of nitrogens with zero attached hydrogens (tertiary/aromatic N) is 1. The van der Waals surface area contributed by atoms with Crippen LogP contribution in [0.15, 0.2) is 12.1 Å². The zero-order chi connectivity index (χ0) is 12.8. The largest absolute Gasteiger partial charge is 0.493 e. The Balaban J connectivity index is 3.17. The Morgan fingerprint density at radius 1 is 1.41 bits per heavy atom. The van der Waals surface area contributed by atoms with E-state index in [1.165, 1.54) is 13.2 Å². The van der Waals surface area contributed by atoms with Gasteiger partial charge in [-0.25, -0.2) is 0 Å². The predicted octanol–water partition coefficient (Wildman–Crippen LogP) is 1.85. The molecule has 0 heterocycles. The Bertz CT molecular complexity index is 407. The van der Waals surface area contributed by atoms with E-state index in [9.17, 15) is 10.1 Å². The summed E-state index contributed by atoms with van der Waals surface area (Å²) in [4.78, 5) is 10.3. The van der Waals surface area contributed by atoms with E-state index < -0.39 is 4.92 Å². The fourth-order valence-corrected chi connectivity index (χ4v) is 1.41. The fraction of sp³-hybridized carbons (Fsp3) is 0.455. The summed E-state index contributed by atoms with van der Waals surface area (Å²) >= 11 is 0. The van der Waals surface area contributed by atoms with E-state index in [1.807, 2.05) is 6.92 Å². The summed E-state index contributed by atoms with van der Waals surface area (Å²) in [6, 6.07) is 2.90. The van der Waals surface area contributed by atoms with Gasteiger partial charge in [-0.3, -0.25) is 10.1 Å². The number of hydrogen-bond acceptors (Lipinski definition) is 5. The minimum absolute atomic E-state index is 0.0480. The maximum Gasteiger partial charge on any atom is 0.277 e. The van der Waals surface area contributed by atoms with Crippen molar-refractivity contribution in [3.8, 4) is 11.5 Å². The molecule has 0 atom stereocenters. The lowest BCUT2D eigenvalue weighted by atomic mass is 10.1. The van der Waals surface area contributed by atoms with Crippen LogP contribution in [0.1, 0.15) is 18.9 Å². The molecule has 0 saturated carbocycles. The smallest absolute Gasteiger partial charge is 0.277 e. The van der Waals surface area contributed by atoms with Crippen molar-refractivity contribution in [1.82, 2.24) is 0 Å². The summed E-state index contributed by atoms with van der Waals surface area (Å²) in [6.45, 7) is 2.59. The van der Waals surface area contributed by atoms with Crippen LogP contribution in [0.5, 0.6) is 11.5 Å². The topological polar surface area (TPSA) is 87.6 Å². The summed E-state index contributed by atoms with van der Waals surface area (Å²) in [7, 11) is 1.44. The van der Waals surface area contributed by atoms with Crippen LogP contribution < -0.4 is 15.2 Å². The molecule has 0 unspecified atom stereocenters. The lowest BCUT2D eigenvalue weighted by Crippen LogP contribution is -2.05. The Morgan fingerprint density at radius 3 is 2.59 bits per heavy atom. The fourth-order valence-electron chi connectivity index (χ4n) is 1.41. The molecular weight excluding hydrogens is 224 g/mol. The average Bonchev–Trinajstić information content (AvgIpc) is 2.34. The summed E-state index contributed by atoms with van der Waals surface area (Å²) < 4.78 is 10.5. The average molecular weight is 240 g/mol. The number of nitro groups is 1. The molecule has 17 heavy (non-hydrogen) atoms. The van der Waals surface area contributed by atoms with E-state index in [0.717, 1.165) is 6.42 Å². The molecule has 0 aliphatic carbocycles. The first kappa shape index (κ1) is 13.2. The second kappa shape index (κ2) is 6.05. The number of hydrogen-bond donors (Lipinski definition) is 1. The normalized spacial score (nSPS) is 10.1. The van der Waals surface area contributed by atoms with Gasteiger partial charge in [-0.2, -0.15) is 0 Å². The number of benzene rings is 1. The van der Waals surface area contributed by atoms with Crippen molar-refractivity contribution in [2.45, 2.75) is 19.9 Å². The van der Waals surface area contributed by atoms with Crippen molar-refractivity contribution in [2.24, 2.45) is 5.73 Å². The van der Waals surface area contributed by atoms with Crippen LogP contribution in [-0.2, 0) is 6.54 Å². The molecule has 2 N–H and O–H groups in total. The molecular formula is C11H16N2O4. The molecule has 0 saturated heterocycles. The highest BCUT2D eigenvalue weighted by Crippen LogP contribution is 2.34. The second-order valence-electron chi connectivity index (χ2n) is 3.44. The molecule has 0 aliphatic rings. The van der Waals surface area contributed by atoms with Gasteiger partial charge in [-0.15, -0.1) is 0 Å². The van der Waals surface area contributed by atoms with E-state index in [4.69, 9.17) is 15.2 Å². The molecule has 0 bridgehead atoms. The first-order chi connectivity index (χ1) is 8.13. The monoisotopic (exact) mass is 240 g/mol. The number of nitrogens with two attached hydrogens (primary N) is 1. The molecule has 6 heteroatoms. The van der Waals surface area contributed by atoms with Gasteiger partial charge in [0.25, 0.3) is 5.69 Å². The van der Waals surface area contributed by atoms with E-state index in [1.54, 1.807) is 6.07 Å². The number of ether oxygens (including phenoxy) is 2. The highest BCUT2D eigenvalue weighted by Gasteiger charge is 2.18. The Morgan fingerprint density at radius 2 is 2.12 bits per heavy atom. The second-order valence-corrected chi connectivity index (χ2v) is 3.44. The number of rotatable bonds is 6. The predicted molar refractivity (Wildman–Crippen MR) is 63.3 cm³/mol. The van der Waals surface area contributed by atoms with Crippen molar-refractivity contribution in [2.75, 3.05) is 13.7 Å². The Hall–Kier alpha value is -1.82. The maximum atomic E-state index is 10.8. The van der Waals surface area contributed by atoms with Gasteiger partial charge in [-0.1, -0.05) is 6.92 Å². The third kappa shape index (κ3) is 3.07. The molecule has 6 nitrogen and oxygen atoms in total. The van der Waals surface area contributed by atoms with Crippen LogP contribution in [0.3, 0.4) is 0 Å². The molecule has 1 rings (SSSR count). The quantitative estimate of drug-likeness (QED) is 0.605. The minimum atomic E-state index is -0.478. The lowest BCUT2D eigenvalue weighted by molar-refractivity contribution is -0.385. The SMILES string of the molecule is CCCOc1cc(CN)c([N+](=O)[O-])cc1OC. The molecule has 94 valence electrons. The van der Waals surface area contributed by atoms with Crippen LogP contribution in [0, 0.1) is 10.1 Å². The van der Waals surface area contributed by atoms with Crippen molar-refractivity contribution >= 4 is 5.69 Å². The third-order valence-electron chi connectivity index (χ3n) is 2.24. The van der Waals surface area contributed by atoms with Crippen LogP contribution in [-0.4, -0.2) is 18.6 Å². The van der Waals surface area contributed by atoms with Crippen molar-refractivity contribution < 1.29 is 14.4 Å². The molecule has 0 radical (unpaired) electrons. The highest BCUT2D eigenvalue weighted by atomic mass is 16.6. The van der Waals surface area contributed by atoms with Gasteiger partial charge >= 0.3 is 0 Å². The number of methoxy groups -OCH3 is 1. The van der Waals surface area contributed by atoms with Crippen molar-refractivity contribution in [1.29, 1.82) is 0 Å². The van der Waals surface area contributed by atoms with Crippen LogP contribution in [0.4, 0.5) is 5.69 Å². The summed E-state index contributed by atoms with van der Waals surface area (Å²) in [6.07, 6.45) is 0.845. The van der Waals surface area contributed by atoms with E-state index in [2.05, 4.69) is 0 Å². The molecule has 1 aromatic carbocycles. The molecule has 0 aromatic heterocycles.